The van der Waals surface area contributed by atoms with E-state index in [1.54, 1.807) is 0 Å². The smallest absolute Gasteiger partial charge is 0.164 e. The second-order valence-corrected chi connectivity index (χ2v) is 13.4. The van der Waals surface area contributed by atoms with E-state index in [1.807, 2.05) is 91.0 Å². The van der Waals surface area contributed by atoms with Gasteiger partial charge in [-0.25, -0.2) is 24.9 Å². The van der Waals surface area contributed by atoms with Gasteiger partial charge in [-0.05, 0) is 52.4 Å². The molecule has 2 heterocycles. The highest BCUT2D eigenvalue weighted by Gasteiger charge is 2.23. The SMILES string of the molecule is Cc1ccc(C2=NC(c3ccccc3-c3ccccc3)=NC(c3ccccc3)N2)cc1-c1cccc(-c2nc(-c3ccccc3)nc(-c3ccccc3)n2)c1. The van der Waals surface area contributed by atoms with Gasteiger partial charge in [0.15, 0.2) is 23.3 Å². The van der Waals surface area contributed by atoms with E-state index < -0.39 is 0 Å². The van der Waals surface area contributed by atoms with E-state index >= 15 is 0 Å². The Hall–Kier alpha value is -7.31. The molecule has 1 atom stereocenters. The predicted octanol–water partition coefficient (Wildman–Crippen LogP) is 11.0. The zero-order chi connectivity index (χ0) is 37.0. The molecule has 6 nitrogen and oxygen atoms in total. The largest absolute Gasteiger partial charge is 0.344 e. The van der Waals surface area contributed by atoms with Gasteiger partial charge in [-0.15, -0.1) is 0 Å². The summed E-state index contributed by atoms with van der Waals surface area (Å²) in [4.78, 5) is 25.3. The van der Waals surface area contributed by atoms with Crippen molar-refractivity contribution in [2.45, 2.75) is 13.1 Å². The van der Waals surface area contributed by atoms with Crippen molar-refractivity contribution >= 4 is 11.7 Å². The third-order valence-electron chi connectivity index (χ3n) is 9.75. The van der Waals surface area contributed by atoms with Crippen LogP contribution in [0.15, 0.2) is 198 Å². The molecule has 6 heteroatoms. The molecule has 0 fully saturated rings. The summed E-state index contributed by atoms with van der Waals surface area (Å²) in [5, 5.41) is 3.66. The fourth-order valence-corrected chi connectivity index (χ4v) is 6.91. The minimum Gasteiger partial charge on any atom is -0.344 e. The number of nitrogens with one attached hydrogen (secondary N) is 1. The van der Waals surface area contributed by atoms with Crippen LogP contribution in [-0.4, -0.2) is 26.6 Å². The molecule has 9 rings (SSSR count). The molecule has 7 aromatic carbocycles. The molecular weight excluding hydrogens is 673 g/mol. The highest BCUT2D eigenvalue weighted by Crippen LogP contribution is 2.32. The van der Waals surface area contributed by atoms with Gasteiger partial charge in [0.2, 0.25) is 0 Å². The number of benzene rings is 7. The Morgan fingerprint density at radius 3 is 1.55 bits per heavy atom. The molecule has 0 bridgehead atoms. The van der Waals surface area contributed by atoms with Gasteiger partial charge < -0.3 is 5.32 Å². The van der Waals surface area contributed by atoms with Crippen molar-refractivity contribution in [3.8, 4) is 56.4 Å². The molecule has 55 heavy (non-hydrogen) atoms. The fraction of sp³-hybridized carbons (Fsp3) is 0.0408. The molecular formula is C49H36N6. The van der Waals surface area contributed by atoms with Crippen LogP contribution in [0.4, 0.5) is 0 Å². The van der Waals surface area contributed by atoms with Crippen LogP contribution < -0.4 is 5.32 Å². The van der Waals surface area contributed by atoms with E-state index in [9.17, 15) is 0 Å². The molecule has 0 amide bonds. The van der Waals surface area contributed by atoms with Crippen LogP contribution in [0.2, 0.25) is 0 Å². The van der Waals surface area contributed by atoms with E-state index in [0.29, 0.717) is 23.3 Å². The lowest BCUT2D eigenvalue weighted by Gasteiger charge is -2.25. The van der Waals surface area contributed by atoms with Gasteiger partial charge in [0, 0.05) is 27.8 Å². The van der Waals surface area contributed by atoms with Crippen LogP contribution in [0.3, 0.4) is 0 Å². The number of aryl methyl sites for hydroxylation is 1. The summed E-state index contributed by atoms with van der Waals surface area (Å²) >= 11 is 0. The highest BCUT2D eigenvalue weighted by molar-refractivity contribution is 6.15. The topological polar surface area (TPSA) is 75.4 Å². The first-order chi connectivity index (χ1) is 27.2. The zero-order valence-corrected chi connectivity index (χ0v) is 30.2. The second kappa shape index (κ2) is 15.0. The van der Waals surface area contributed by atoms with Crippen molar-refractivity contribution in [1.82, 2.24) is 20.3 Å². The van der Waals surface area contributed by atoms with Gasteiger partial charge >= 0.3 is 0 Å². The summed E-state index contributed by atoms with van der Waals surface area (Å²) in [7, 11) is 0. The number of hydrogen-bond donors (Lipinski definition) is 1. The first-order valence-electron chi connectivity index (χ1n) is 18.4. The normalized spacial score (nSPS) is 13.7. The Bertz CT molecular complexity index is 2620. The van der Waals surface area contributed by atoms with Crippen LogP contribution in [-0.2, 0) is 0 Å². The molecule has 0 saturated heterocycles. The summed E-state index contributed by atoms with van der Waals surface area (Å²) in [6, 6.07) is 64.1. The molecule has 1 N–H and O–H groups in total. The fourth-order valence-electron chi connectivity index (χ4n) is 6.91. The van der Waals surface area contributed by atoms with Crippen LogP contribution in [0.25, 0.3) is 56.4 Å². The van der Waals surface area contributed by atoms with E-state index in [4.69, 9.17) is 24.9 Å². The number of nitrogens with zero attached hydrogens (tertiary/aromatic N) is 5. The molecule has 1 aliphatic heterocycles. The highest BCUT2D eigenvalue weighted by atomic mass is 15.2. The average Bonchev–Trinajstić information content (AvgIpc) is 3.27. The summed E-state index contributed by atoms with van der Waals surface area (Å²) in [6.45, 7) is 2.14. The van der Waals surface area contributed by atoms with Crippen molar-refractivity contribution in [3.63, 3.8) is 0 Å². The van der Waals surface area contributed by atoms with E-state index in [-0.39, 0.29) is 6.17 Å². The number of rotatable bonds is 8. The lowest BCUT2D eigenvalue weighted by atomic mass is 9.95. The van der Waals surface area contributed by atoms with Gasteiger partial charge in [0.05, 0.1) is 0 Å². The predicted molar refractivity (Wildman–Crippen MR) is 224 cm³/mol. The van der Waals surface area contributed by atoms with Crippen molar-refractivity contribution in [2.75, 3.05) is 0 Å². The first kappa shape index (κ1) is 33.5. The van der Waals surface area contributed by atoms with E-state index in [2.05, 4.69) is 109 Å². The quantitative estimate of drug-likeness (QED) is 0.170. The molecule has 1 aromatic heterocycles. The van der Waals surface area contributed by atoms with Gasteiger partial charge in [0.25, 0.3) is 0 Å². The number of aromatic nitrogens is 3. The third kappa shape index (κ3) is 7.09. The number of amidine groups is 2. The van der Waals surface area contributed by atoms with Crippen LogP contribution in [0.5, 0.6) is 0 Å². The molecule has 0 saturated carbocycles. The summed E-state index contributed by atoms with van der Waals surface area (Å²) in [5.74, 6) is 3.33. The lowest BCUT2D eigenvalue weighted by Crippen LogP contribution is -2.33. The van der Waals surface area contributed by atoms with Crippen molar-refractivity contribution in [3.05, 3.63) is 210 Å². The Balaban J connectivity index is 1.13. The van der Waals surface area contributed by atoms with Gasteiger partial charge in [-0.2, -0.15) is 0 Å². The van der Waals surface area contributed by atoms with E-state index in [1.165, 1.54) is 0 Å². The molecule has 0 aliphatic carbocycles. The summed E-state index contributed by atoms with van der Waals surface area (Å²) in [5.41, 5.74) is 11.3. The van der Waals surface area contributed by atoms with Crippen molar-refractivity contribution in [2.24, 2.45) is 9.98 Å². The maximum atomic E-state index is 5.22. The maximum absolute atomic E-state index is 5.22. The number of hydrogen-bond acceptors (Lipinski definition) is 6. The zero-order valence-electron chi connectivity index (χ0n) is 30.2. The molecule has 1 aliphatic rings. The Morgan fingerprint density at radius 2 is 0.909 bits per heavy atom. The average molecular weight is 709 g/mol. The van der Waals surface area contributed by atoms with Gasteiger partial charge in [-0.1, -0.05) is 176 Å². The molecule has 1 unspecified atom stereocenters. The number of aliphatic imine (C=N–C) groups is 2. The minimum absolute atomic E-state index is 0.318. The van der Waals surface area contributed by atoms with Gasteiger partial charge in [0.1, 0.15) is 12.0 Å². The standard InChI is InChI=1S/C49H36N6/c1-33-29-30-40(48-53-46(37-23-12-5-13-24-37)54-49(55-48)42-28-15-14-27-41(42)34-17-6-2-7-18-34)32-43(33)38-25-16-26-39(31-38)47-51-44(35-19-8-3-9-20-35)50-45(52-47)36-21-10-4-11-22-36/h2-32,46H,1H3,(H,53,54,55). The molecule has 0 spiro atoms. The van der Waals surface area contributed by atoms with Crippen molar-refractivity contribution < 1.29 is 0 Å². The maximum Gasteiger partial charge on any atom is 0.164 e. The summed E-state index contributed by atoms with van der Waals surface area (Å²) in [6.07, 6.45) is -0.318. The Kier molecular flexibility index (Phi) is 9.12. The van der Waals surface area contributed by atoms with Crippen LogP contribution in [0, 0.1) is 6.92 Å². The van der Waals surface area contributed by atoms with Crippen molar-refractivity contribution in [1.29, 1.82) is 0 Å². The monoisotopic (exact) mass is 708 g/mol. The van der Waals surface area contributed by atoms with Crippen LogP contribution >= 0.6 is 0 Å². The van der Waals surface area contributed by atoms with Gasteiger partial charge in [-0.3, -0.25) is 0 Å². The third-order valence-corrected chi connectivity index (χ3v) is 9.75. The second-order valence-electron chi connectivity index (χ2n) is 13.4. The molecule has 0 radical (unpaired) electrons. The minimum atomic E-state index is -0.318. The van der Waals surface area contributed by atoms with E-state index in [0.717, 1.165) is 67.0 Å². The first-order valence-corrected chi connectivity index (χ1v) is 18.4. The molecule has 262 valence electrons. The lowest BCUT2D eigenvalue weighted by molar-refractivity contribution is 0.674. The molecule has 8 aromatic rings. The Morgan fingerprint density at radius 1 is 0.400 bits per heavy atom. The van der Waals surface area contributed by atoms with Crippen LogP contribution in [0.1, 0.15) is 28.4 Å². The summed E-state index contributed by atoms with van der Waals surface area (Å²) < 4.78 is 0. The Labute approximate surface area is 320 Å².